The van der Waals surface area contributed by atoms with Crippen LogP contribution in [0.15, 0.2) is 48.5 Å². The number of carboxylic acids is 1. The molecule has 180 valence electrons. The highest BCUT2D eigenvalue weighted by Gasteiger charge is 2.41. The van der Waals surface area contributed by atoms with E-state index in [0.717, 1.165) is 41.5 Å². The van der Waals surface area contributed by atoms with E-state index in [1.165, 1.54) is 0 Å². The highest BCUT2D eigenvalue weighted by molar-refractivity contribution is 5.88. The molecule has 0 unspecified atom stereocenters. The molecule has 0 saturated heterocycles. The van der Waals surface area contributed by atoms with Crippen molar-refractivity contribution in [2.75, 3.05) is 13.2 Å². The molecule has 1 atom stereocenters. The number of ether oxygens (including phenoxy) is 1. The number of benzene rings is 2. The van der Waals surface area contributed by atoms with Crippen LogP contribution in [0.25, 0.3) is 11.1 Å². The topological polar surface area (TPSA) is 105 Å². The number of alkyl carbamates (subject to hydrolysis) is 1. The van der Waals surface area contributed by atoms with Crippen molar-refractivity contribution in [3.8, 4) is 11.1 Å². The van der Waals surface area contributed by atoms with Crippen LogP contribution in [0.2, 0.25) is 0 Å². The fourth-order valence-electron chi connectivity index (χ4n) is 5.25. The molecule has 0 spiro atoms. The lowest BCUT2D eigenvalue weighted by atomic mass is 9.73. The maximum absolute atomic E-state index is 13.1. The van der Waals surface area contributed by atoms with Gasteiger partial charge in [-0.2, -0.15) is 0 Å². The van der Waals surface area contributed by atoms with E-state index in [1.807, 2.05) is 24.3 Å². The van der Waals surface area contributed by atoms with E-state index in [-0.39, 0.29) is 25.0 Å². The zero-order chi connectivity index (χ0) is 24.1. The molecule has 0 aliphatic heterocycles. The third kappa shape index (κ3) is 4.79. The number of aliphatic carboxylic acids is 1. The summed E-state index contributed by atoms with van der Waals surface area (Å²) in [7, 11) is 0. The second-order valence-corrected chi connectivity index (χ2v) is 9.29. The van der Waals surface area contributed by atoms with Gasteiger partial charge < -0.3 is 20.5 Å². The summed E-state index contributed by atoms with van der Waals surface area (Å²) in [5, 5.41) is 14.8. The Morgan fingerprint density at radius 3 is 2.15 bits per heavy atom. The van der Waals surface area contributed by atoms with Gasteiger partial charge in [-0.1, -0.05) is 74.7 Å². The maximum atomic E-state index is 13.1. The van der Waals surface area contributed by atoms with Crippen LogP contribution in [-0.2, 0) is 14.3 Å². The lowest BCUT2D eigenvalue weighted by Gasteiger charge is -2.36. The van der Waals surface area contributed by atoms with Gasteiger partial charge in [0.05, 0.1) is 5.41 Å². The number of amides is 2. The number of carbonyl (C=O) groups excluding carboxylic acids is 2. The van der Waals surface area contributed by atoms with Gasteiger partial charge in [-0.15, -0.1) is 0 Å². The first-order valence-electron chi connectivity index (χ1n) is 12.1. The van der Waals surface area contributed by atoms with E-state index in [9.17, 15) is 19.5 Å². The Labute approximate surface area is 199 Å². The molecule has 0 bridgehead atoms. The van der Waals surface area contributed by atoms with Crippen molar-refractivity contribution in [2.45, 2.75) is 57.4 Å². The molecule has 0 heterocycles. The second-order valence-electron chi connectivity index (χ2n) is 9.29. The number of carbonyl (C=O) groups is 3. The Balaban J connectivity index is 1.39. The summed E-state index contributed by atoms with van der Waals surface area (Å²) < 4.78 is 5.62. The fourth-order valence-corrected chi connectivity index (χ4v) is 5.25. The van der Waals surface area contributed by atoms with Crippen molar-refractivity contribution in [1.29, 1.82) is 0 Å². The zero-order valence-corrected chi connectivity index (χ0v) is 19.5. The smallest absolute Gasteiger partial charge is 0.407 e. The first-order chi connectivity index (χ1) is 16.4. The lowest BCUT2D eigenvalue weighted by molar-refractivity contribution is -0.144. The van der Waals surface area contributed by atoms with Crippen LogP contribution in [0.1, 0.15) is 62.5 Å². The standard InChI is InChI=1S/C27H32N2O5/c1-2-23(24(30)31)29-25(32)27(14-8-3-9-15-27)17-28-26(33)34-16-22-20-12-6-4-10-18(20)19-11-5-7-13-21(19)22/h4-7,10-13,22-23H,2-3,8-9,14-17H2,1H3,(H,28,33)(H,29,32)(H,30,31)/t23-/m0/s1. The SMILES string of the molecule is CC[C@H](NC(=O)C1(CNC(=O)OCC2c3ccccc3-c3ccccc32)CCCCC1)C(=O)O. The van der Waals surface area contributed by atoms with Crippen molar-refractivity contribution in [3.63, 3.8) is 0 Å². The Kier molecular flexibility index (Phi) is 7.20. The Morgan fingerprint density at radius 2 is 1.59 bits per heavy atom. The van der Waals surface area contributed by atoms with Crippen LogP contribution >= 0.6 is 0 Å². The van der Waals surface area contributed by atoms with Crippen LogP contribution in [0, 0.1) is 5.41 Å². The molecule has 2 amide bonds. The first kappa shape index (κ1) is 23.8. The van der Waals surface area contributed by atoms with E-state index >= 15 is 0 Å². The summed E-state index contributed by atoms with van der Waals surface area (Å²) in [6.07, 6.45) is 3.71. The monoisotopic (exact) mass is 464 g/mol. The molecule has 1 fully saturated rings. The highest BCUT2D eigenvalue weighted by Crippen LogP contribution is 2.44. The molecule has 0 radical (unpaired) electrons. The third-order valence-electron chi connectivity index (χ3n) is 7.22. The van der Waals surface area contributed by atoms with Crippen LogP contribution in [0.4, 0.5) is 4.79 Å². The lowest BCUT2D eigenvalue weighted by Crippen LogP contribution is -2.53. The summed E-state index contributed by atoms with van der Waals surface area (Å²) in [6, 6.07) is 15.4. The van der Waals surface area contributed by atoms with Crippen molar-refractivity contribution < 1.29 is 24.2 Å². The van der Waals surface area contributed by atoms with E-state index in [2.05, 4.69) is 34.9 Å². The van der Waals surface area contributed by atoms with Crippen LogP contribution < -0.4 is 10.6 Å². The molecule has 4 rings (SSSR count). The molecule has 2 aliphatic carbocycles. The highest BCUT2D eigenvalue weighted by atomic mass is 16.5. The number of hydrogen-bond acceptors (Lipinski definition) is 4. The Morgan fingerprint density at radius 1 is 1.00 bits per heavy atom. The van der Waals surface area contributed by atoms with E-state index in [4.69, 9.17) is 4.74 Å². The molecular weight excluding hydrogens is 432 g/mol. The zero-order valence-electron chi connectivity index (χ0n) is 19.5. The summed E-state index contributed by atoms with van der Waals surface area (Å²) in [5.74, 6) is -1.39. The maximum Gasteiger partial charge on any atom is 0.407 e. The molecule has 34 heavy (non-hydrogen) atoms. The van der Waals surface area contributed by atoms with Gasteiger partial charge in [-0.25, -0.2) is 9.59 Å². The Hall–Kier alpha value is -3.35. The van der Waals surface area contributed by atoms with E-state index in [1.54, 1.807) is 6.92 Å². The molecule has 1 saturated carbocycles. The molecule has 2 aromatic rings. The van der Waals surface area contributed by atoms with Crippen molar-refractivity contribution in [2.24, 2.45) is 5.41 Å². The molecule has 2 aromatic carbocycles. The minimum atomic E-state index is -1.05. The minimum absolute atomic E-state index is 0.0361. The summed E-state index contributed by atoms with van der Waals surface area (Å²) >= 11 is 0. The summed E-state index contributed by atoms with van der Waals surface area (Å²) in [5.41, 5.74) is 3.78. The van der Waals surface area contributed by atoms with Gasteiger partial charge in [-0.3, -0.25) is 4.79 Å². The normalized spacial score (nSPS) is 17.2. The fraction of sp³-hybridized carbons (Fsp3) is 0.444. The first-order valence-corrected chi connectivity index (χ1v) is 12.1. The average molecular weight is 465 g/mol. The van der Waals surface area contributed by atoms with Crippen molar-refractivity contribution >= 4 is 18.0 Å². The van der Waals surface area contributed by atoms with E-state index < -0.39 is 23.5 Å². The summed E-state index contributed by atoms with van der Waals surface area (Å²) in [4.78, 5) is 37.1. The van der Waals surface area contributed by atoms with Gasteiger partial charge in [0.2, 0.25) is 5.91 Å². The van der Waals surface area contributed by atoms with Gasteiger partial charge >= 0.3 is 12.1 Å². The number of fused-ring (bicyclic) bond motifs is 3. The molecule has 0 aromatic heterocycles. The second kappa shape index (κ2) is 10.3. The van der Waals surface area contributed by atoms with Gasteiger partial charge in [-0.05, 0) is 41.5 Å². The summed E-state index contributed by atoms with van der Waals surface area (Å²) in [6.45, 7) is 2.06. The quantitative estimate of drug-likeness (QED) is 0.535. The molecular formula is C27H32N2O5. The minimum Gasteiger partial charge on any atom is -0.480 e. The molecule has 7 nitrogen and oxygen atoms in total. The van der Waals surface area contributed by atoms with Crippen molar-refractivity contribution in [3.05, 3.63) is 59.7 Å². The van der Waals surface area contributed by atoms with Gasteiger partial charge in [0.15, 0.2) is 0 Å². The molecule has 2 aliphatic rings. The van der Waals surface area contributed by atoms with Crippen LogP contribution in [0.5, 0.6) is 0 Å². The average Bonchev–Trinajstić information content (AvgIpc) is 3.18. The van der Waals surface area contributed by atoms with Gasteiger partial charge in [0.1, 0.15) is 12.6 Å². The third-order valence-corrected chi connectivity index (χ3v) is 7.22. The number of nitrogens with one attached hydrogen (secondary N) is 2. The molecule has 7 heteroatoms. The number of rotatable bonds is 8. The molecule has 3 N–H and O–H groups in total. The largest absolute Gasteiger partial charge is 0.480 e. The van der Waals surface area contributed by atoms with Crippen LogP contribution in [-0.4, -0.2) is 42.3 Å². The van der Waals surface area contributed by atoms with E-state index in [0.29, 0.717) is 19.3 Å². The number of hydrogen-bond donors (Lipinski definition) is 3. The number of carboxylic acid groups (broad SMARTS) is 1. The Bertz CT molecular complexity index is 1010. The predicted molar refractivity (Wildman–Crippen MR) is 128 cm³/mol. The van der Waals surface area contributed by atoms with Gasteiger partial charge in [0.25, 0.3) is 0 Å². The van der Waals surface area contributed by atoms with Gasteiger partial charge in [0, 0.05) is 12.5 Å². The van der Waals surface area contributed by atoms with Crippen LogP contribution in [0.3, 0.4) is 0 Å². The van der Waals surface area contributed by atoms with Crippen molar-refractivity contribution in [1.82, 2.24) is 10.6 Å². The predicted octanol–water partition coefficient (Wildman–Crippen LogP) is 4.46.